The van der Waals surface area contributed by atoms with Crippen LogP contribution in [-0.2, 0) is 9.53 Å². The molecule has 1 aromatic rings. The van der Waals surface area contributed by atoms with Gasteiger partial charge in [0.15, 0.2) is 0 Å². The van der Waals surface area contributed by atoms with Crippen LogP contribution < -0.4 is 10.1 Å². The summed E-state index contributed by atoms with van der Waals surface area (Å²) in [6.07, 6.45) is 3.51. The van der Waals surface area contributed by atoms with Crippen LogP contribution in [0.3, 0.4) is 0 Å². The zero-order chi connectivity index (χ0) is 15.3. The summed E-state index contributed by atoms with van der Waals surface area (Å²) < 4.78 is 23.4. The number of carbonyl (C=O) groups is 1. The first kappa shape index (κ1) is 15.8. The third-order valence-corrected chi connectivity index (χ3v) is 3.62. The van der Waals surface area contributed by atoms with Crippen LogP contribution in [0.5, 0.6) is 5.75 Å². The number of ether oxygens (including phenoxy) is 2. The lowest BCUT2D eigenvalue weighted by atomic mass is 9.96. The van der Waals surface area contributed by atoms with E-state index in [9.17, 15) is 9.18 Å². The second kappa shape index (κ2) is 6.89. The van der Waals surface area contributed by atoms with Gasteiger partial charge in [-0.1, -0.05) is 6.07 Å². The van der Waals surface area contributed by atoms with E-state index in [4.69, 9.17) is 9.47 Å². The normalized spacial score (nSPS) is 17.1. The average Bonchev–Trinajstić information content (AvgIpc) is 3.26. The van der Waals surface area contributed by atoms with Crippen LogP contribution in [0.2, 0.25) is 0 Å². The Labute approximate surface area is 124 Å². The highest BCUT2D eigenvalue weighted by Gasteiger charge is 2.38. The number of hydrogen-bond acceptors (Lipinski definition) is 4. The molecule has 5 heteroatoms. The molecular formula is C16H22FNO3. The number of benzene rings is 1. The second-order valence-corrected chi connectivity index (χ2v) is 5.65. The summed E-state index contributed by atoms with van der Waals surface area (Å²) in [4.78, 5) is 11.9. The Morgan fingerprint density at radius 1 is 1.48 bits per heavy atom. The van der Waals surface area contributed by atoms with E-state index in [2.05, 4.69) is 5.32 Å². The van der Waals surface area contributed by atoms with Gasteiger partial charge >= 0.3 is 5.97 Å². The van der Waals surface area contributed by atoms with Gasteiger partial charge in [-0.05, 0) is 44.7 Å². The van der Waals surface area contributed by atoms with Crippen molar-refractivity contribution in [2.24, 2.45) is 0 Å². The summed E-state index contributed by atoms with van der Waals surface area (Å²) in [6.45, 7) is 2.29. The molecule has 1 aliphatic rings. The minimum atomic E-state index is -0.679. The van der Waals surface area contributed by atoms with E-state index >= 15 is 0 Å². The standard InChI is InChI=1S/C16H22FNO3/c1-16(15(19)20-2,18-13-7-8-13)9-4-10-21-14-6-3-5-12(17)11-14/h3,5-6,11,13,18H,4,7-10H2,1-2H3. The quantitative estimate of drug-likeness (QED) is 0.591. The van der Waals surface area contributed by atoms with Gasteiger partial charge in [0.05, 0.1) is 13.7 Å². The lowest BCUT2D eigenvalue weighted by Crippen LogP contribution is -2.51. The molecule has 1 aromatic carbocycles. The molecule has 0 aromatic heterocycles. The Hall–Kier alpha value is -1.62. The van der Waals surface area contributed by atoms with Crippen molar-refractivity contribution in [3.8, 4) is 5.75 Å². The third kappa shape index (κ3) is 4.70. The summed E-state index contributed by atoms with van der Waals surface area (Å²) in [6, 6.07) is 6.46. The molecule has 0 saturated heterocycles. The third-order valence-electron chi connectivity index (χ3n) is 3.62. The zero-order valence-electron chi connectivity index (χ0n) is 12.5. The molecule has 0 radical (unpaired) electrons. The number of esters is 1. The molecule has 1 unspecified atom stereocenters. The highest BCUT2D eigenvalue weighted by molar-refractivity contribution is 5.80. The summed E-state index contributed by atoms with van der Waals surface area (Å²) in [5.41, 5.74) is -0.679. The van der Waals surface area contributed by atoms with Crippen LogP contribution in [0.1, 0.15) is 32.6 Å². The van der Waals surface area contributed by atoms with Gasteiger partial charge in [0, 0.05) is 12.1 Å². The van der Waals surface area contributed by atoms with Gasteiger partial charge in [-0.3, -0.25) is 10.1 Å². The Morgan fingerprint density at radius 2 is 2.24 bits per heavy atom. The fraction of sp³-hybridized carbons (Fsp3) is 0.562. The Bertz CT molecular complexity index is 490. The maximum absolute atomic E-state index is 13.0. The molecule has 1 atom stereocenters. The van der Waals surface area contributed by atoms with E-state index in [1.165, 1.54) is 19.2 Å². The van der Waals surface area contributed by atoms with Crippen LogP contribution in [0.15, 0.2) is 24.3 Å². The first-order valence-electron chi connectivity index (χ1n) is 7.28. The van der Waals surface area contributed by atoms with Crippen LogP contribution in [0.25, 0.3) is 0 Å². The lowest BCUT2D eigenvalue weighted by molar-refractivity contribution is -0.148. The summed E-state index contributed by atoms with van der Waals surface area (Å²) >= 11 is 0. The molecular weight excluding hydrogens is 273 g/mol. The number of nitrogens with one attached hydrogen (secondary N) is 1. The van der Waals surface area contributed by atoms with Crippen molar-refractivity contribution in [3.63, 3.8) is 0 Å². The fourth-order valence-electron chi connectivity index (χ4n) is 2.31. The molecule has 0 spiro atoms. The van der Waals surface area contributed by atoms with Gasteiger partial charge in [0.2, 0.25) is 0 Å². The van der Waals surface area contributed by atoms with Crippen LogP contribution in [0, 0.1) is 5.82 Å². The molecule has 2 rings (SSSR count). The average molecular weight is 295 g/mol. The van der Waals surface area contributed by atoms with E-state index in [0.29, 0.717) is 31.2 Å². The number of halogens is 1. The van der Waals surface area contributed by atoms with Crippen molar-refractivity contribution in [2.45, 2.75) is 44.2 Å². The number of hydrogen-bond donors (Lipinski definition) is 1. The van der Waals surface area contributed by atoms with Crippen molar-refractivity contribution in [1.29, 1.82) is 0 Å². The predicted molar refractivity (Wildman–Crippen MR) is 77.7 cm³/mol. The van der Waals surface area contributed by atoms with E-state index in [-0.39, 0.29) is 11.8 Å². The fourth-order valence-corrected chi connectivity index (χ4v) is 2.31. The SMILES string of the molecule is COC(=O)C(C)(CCCOc1cccc(F)c1)NC1CC1. The molecule has 0 amide bonds. The monoisotopic (exact) mass is 295 g/mol. The minimum Gasteiger partial charge on any atom is -0.493 e. The first-order chi connectivity index (χ1) is 10.0. The number of rotatable bonds is 8. The number of carbonyl (C=O) groups excluding carboxylic acids is 1. The van der Waals surface area contributed by atoms with Crippen LogP contribution in [-0.4, -0.2) is 31.3 Å². The summed E-state index contributed by atoms with van der Waals surface area (Å²) in [7, 11) is 1.40. The van der Waals surface area contributed by atoms with Crippen molar-refractivity contribution in [2.75, 3.05) is 13.7 Å². The molecule has 1 N–H and O–H groups in total. The van der Waals surface area contributed by atoms with Gasteiger partial charge in [0.1, 0.15) is 17.1 Å². The summed E-state index contributed by atoms with van der Waals surface area (Å²) in [5.74, 6) is -0.0626. The molecule has 0 aliphatic heterocycles. The lowest BCUT2D eigenvalue weighted by Gasteiger charge is -2.28. The molecule has 1 fully saturated rings. The van der Waals surface area contributed by atoms with E-state index in [1.54, 1.807) is 12.1 Å². The van der Waals surface area contributed by atoms with Gasteiger partial charge in [-0.2, -0.15) is 0 Å². The first-order valence-corrected chi connectivity index (χ1v) is 7.28. The van der Waals surface area contributed by atoms with Gasteiger partial charge in [0.25, 0.3) is 0 Å². The topological polar surface area (TPSA) is 47.6 Å². The van der Waals surface area contributed by atoms with Crippen molar-refractivity contribution >= 4 is 5.97 Å². The van der Waals surface area contributed by atoms with Gasteiger partial charge < -0.3 is 9.47 Å². The Balaban J connectivity index is 1.80. The Morgan fingerprint density at radius 3 is 2.86 bits per heavy atom. The zero-order valence-corrected chi connectivity index (χ0v) is 12.5. The molecule has 1 saturated carbocycles. The largest absolute Gasteiger partial charge is 0.493 e. The second-order valence-electron chi connectivity index (χ2n) is 5.65. The summed E-state index contributed by atoms with van der Waals surface area (Å²) in [5, 5.41) is 3.34. The highest BCUT2D eigenvalue weighted by atomic mass is 19.1. The minimum absolute atomic E-state index is 0.250. The maximum Gasteiger partial charge on any atom is 0.325 e. The van der Waals surface area contributed by atoms with E-state index in [0.717, 1.165) is 12.8 Å². The number of methoxy groups -OCH3 is 1. The predicted octanol–water partition coefficient (Wildman–Crippen LogP) is 2.67. The highest BCUT2D eigenvalue weighted by Crippen LogP contribution is 2.25. The smallest absolute Gasteiger partial charge is 0.325 e. The molecule has 0 heterocycles. The Kier molecular flexibility index (Phi) is 5.17. The van der Waals surface area contributed by atoms with E-state index in [1.807, 2.05) is 6.92 Å². The van der Waals surface area contributed by atoms with Crippen LogP contribution >= 0.6 is 0 Å². The molecule has 116 valence electrons. The molecule has 1 aliphatic carbocycles. The van der Waals surface area contributed by atoms with Crippen molar-refractivity contribution in [3.05, 3.63) is 30.1 Å². The molecule has 21 heavy (non-hydrogen) atoms. The van der Waals surface area contributed by atoms with Crippen molar-refractivity contribution < 1.29 is 18.7 Å². The van der Waals surface area contributed by atoms with E-state index < -0.39 is 5.54 Å². The molecule has 4 nitrogen and oxygen atoms in total. The van der Waals surface area contributed by atoms with Crippen LogP contribution in [0.4, 0.5) is 4.39 Å². The maximum atomic E-state index is 13.0. The van der Waals surface area contributed by atoms with Crippen molar-refractivity contribution in [1.82, 2.24) is 5.32 Å². The van der Waals surface area contributed by atoms with Gasteiger partial charge in [-0.25, -0.2) is 4.39 Å². The van der Waals surface area contributed by atoms with Gasteiger partial charge in [-0.15, -0.1) is 0 Å². The molecule has 0 bridgehead atoms.